The highest BCUT2D eigenvalue weighted by Crippen LogP contribution is 1.68. The zero-order valence-electron chi connectivity index (χ0n) is 5.26. The molecule has 0 atom stereocenters. The Kier molecular flexibility index (Phi) is 3.63. The number of nitrogens with zero attached hydrogens (tertiary/aromatic N) is 2. The van der Waals surface area contributed by atoms with Crippen molar-refractivity contribution in [1.82, 2.24) is 4.90 Å². The lowest BCUT2D eigenvalue weighted by Gasteiger charge is -1.98. The highest BCUT2D eigenvalue weighted by atomic mass is 15.1. The van der Waals surface area contributed by atoms with E-state index in [9.17, 15) is 0 Å². The van der Waals surface area contributed by atoms with Crippen LogP contribution in [0.25, 0.3) is 0 Å². The van der Waals surface area contributed by atoms with Crippen molar-refractivity contribution in [3.05, 3.63) is 18.5 Å². The van der Waals surface area contributed by atoms with Crippen molar-refractivity contribution in [3.8, 4) is 0 Å². The van der Waals surface area contributed by atoms with Gasteiger partial charge in [-0.25, -0.2) is 4.99 Å². The van der Waals surface area contributed by atoms with Gasteiger partial charge in [0.25, 0.3) is 0 Å². The maximum atomic E-state index is 3.79. The third-order valence-corrected chi connectivity index (χ3v) is 0.463. The molecule has 0 heterocycles. The molecular weight excluding hydrogens is 100 g/mol. The summed E-state index contributed by atoms with van der Waals surface area (Å²) in [6.45, 7) is 3.34. The normalized spacial score (nSPS) is 8.75. The first-order chi connectivity index (χ1) is 3.77. The summed E-state index contributed by atoms with van der Waals surface area (Å²) in [6, 6.07) is 0. The first kappa shape index (κ1) is 6.99. The first-order valence-corrected chi connectivity index (χ1v) is 2.31. The molecule has 0 aliphatic carbocycles. The lowest BCUT2D eigenvalue weighted by Crippen LogP contribution is -2.06. The second-order valence-electron chi connectivity index (χ2n) is 1.56. The van der Waals surface area contributed by atoms with Crippen LogP contribution in [-0.2, 0) is 0 Å². The largest absolute Gasteiger partial charge is 0.369 e. The highest BCUT2D eigenvalue weighted by molar-refractivity contribution is 5.54. The van der Waals surface area contributed by atoms with Gasteiger partial charge in [-0.3, -0.25) is 0 Å². The summed E-state index contributed by atoms with van der Waals surface area (Å²) in [7, 11) is 3.81. The maximum absolute atomic E-state index is 3.79. The smallest absolute Gasteiger partial charge is 0.0907 e. The van der Waals surface area contributed by atoms with Crippen LogP contribution in [0, 0.1) is 0 Å². The lowest BCUT2D eigenvalue weighted by molar-refractivity contribution is 0.643. The van der Waals surface area contributed by atoms with E-state index in [1.54, 1.807) is 6.34 Å². The van der Waals surface area contributed by atoms with Gasteiger partial charge in [0.05, 0.1) is 12.5 Å². The Morgan fingerprint density at radius 2 is 2.25 bits per heavy atom. The SMILES string of the molecule is C=C=CN=CN(C)C. The fourth-order valence-corrected chi connectivity index (χ4v) is 0.219. The molecule has 0 saturated carbocycles. The van der Waals surface area contributed by atoms with Crippen molar-refractivity contribution in [1.29, 1.82) is 0 Å². The fourth-order valence-electron chi connectivity index (χ4n) is 0.219. The van der Waals surface area contributed by atoms with Crippen LogP contribution in [0.4, 0.5) is 0 Å². The van der Waals surface area contributed by atoms with E-state index in [2.05, 4.69) is 17.3 Å². The molecule has 44 valence electrons. The fraction of sp³-hybridized carbons (Fsp3) is 0.333. The van der Waals surface area contributed by atoms with E-state index >= 15 is 0 Å². The van der Waals surface area contributed by atoms with Gasteiger partial charge in [0.2, 0.25) is 0 Å². The number of hydrogen-bond acceptors (Lipinski definition) is 1. The van der Waals surface area contributed by atoms with Gasteiger partial charge in [-0.15, -0.1) is 5.73 Å². The van der Waals surface area contributed by atoms with Gasteiger partial charge in [0, 0.05) is 14.1 Å². The second kappa shape index (κ2) is 4.16. The average Bonchev–Trinajstić information content (AvgIpc) is 1.66. The Morgan fingerprint density at radius 3 is 2.62 bits per heavy atom. The summed E-state index contributed by atoms with van der Waals surface area (Å²) in [5.74, 6) is 0. The van der Waals surface area contributed by atoms with E-state index in [0.29, 0.717) is 0 Å². The minimum Gasteiger partial charge on any atom is -0.369 e. The number of aliphatic imine (C=N–C) groups is 1. The standard InChI is InChI=1S/C6H10N2/c1-4-5-7-6-8(2)3/h5-6H,1H2,2-3H3. The van der Waals surface area contributed by atoms with Gasteiger partial charge in [-0.2, -0.15) is 0 Å². The Labute approximate surface area is 49.8 Å². The molecule has 0 unspecified atom stereocenters. The number of hydrogen-bond donors (Lipinski definition) is 0. The van der Waals surface area contributed by atoms with Crippen LogP contribution in [0.2, 0.25) is 0 Å². The van der Waals surface area contributed by atoms with Crippen molar-refractivity contribution in [2.24, 2.45) is 4.99 Å². The second-order valence-corrected chi connectivity index (χ2v) is 1.56. The van der Waals surface area contributed by atoms with E-state index in [1.165, 1.54) is 6.20 Å². The molecule has 0 bridgehead atoms. The molecule has 0 N–H and O–H groups in total. The summed E-state index contributed by atoms with van der Waals surface area (Å²) >= 11 is 0. The van der Waals surface area contributed by atoms with E-state index in [0.717, 1.165) is 0 Å². The van der Waals surface area contributed by atoms with Gasteiger partial charge in [0.15, 0.2) is 0 Å². The Morgan fingerprint density at radius 1 is 1.62 bits per heavy atom. The van der Waals surface area contributed by atoms with Crippen LogP contribution in [0.5, 0.6) is 0 Å². The van der Waals surface area contributed by atoms with E-state index < -0.39 is 0 Å². The summed E-state index contributed by atoms with van der Waals surface area (Å²) in [4.78, 5) is 5.63. The van der Waals surface area contributed by atoms with Crippen LogP contribution in [0.3, 0.4) is 0 Å². The predicted octanol–water partition coefficient (Wildman–Crippen LogP) is 0.875. The van der Waals surface area contributed by atoms with Crippen LogP contribution < -0.4 is 0 Å². The molecule has 2 heteroatoms. The van der Waals surface area contributed by atoms with Crippen molar-refractivity contribution in [3.63, 3.8) is 0 Å². The minimum absolute atomic E-state index is 1.51. The third kappa shape index (κ3) is 4.99. The van der Waals surface area contributed by atoms with Crippen molar-refractivity contribution >= 4 is 6.34 Å². The Hall–Kier alpha value is -1.01. The Balaban J connectivity index is 3.49. The molecule has 0 saturated heterocycles. The van der Waals surface area contributed by atoms with Crippen molar-refractivity contribution in [2.45, 2.75) is 0 Å². The van der Waals surface area contributed by atoms with Gasteiger partial charge in [-0.05, 0) is 0 Å². The monoisotopic (exact) mass is 110 g/mol. The van der Waals surface area contributed by atoms with Gasteiger partial charge < -0.3 is 4.90 Å². The molecule has 0 aromatic heterocycles. The topological polar surface area (TPSA) is 15.6 Å². The summed E-state index contributed by atoms with van der Waals surface area (Å²) in [5.41, 5.74) is 2.52. The van der Waals surface area contributed by atoms with Crippen LogP contribution in [0.15, 0.2) is 23.5 Å². The Bertz CT molecular complexity index is 118. The van der Waals surface area contributed by atoms with Gasteiger partial charge in [0.1, 0.15) is 0 Å². The molecule has 8 heavy (non-hydrogen) atoms. The van der Waals surface area contributed by atoms with E-state index in [-0.39, 0.29) is 0 Å². The molecule has 2 nitrogen and oxygen atoms in total. The molecule has 0 spiro atoms. The van der Waals surface area contributed by atoms with Crippen molar-refractivity contribution in [2.75, 3.05) is 14.1 Å². The van der Waals surface area contributed by atoms with Crippen LogP contribution in [-0.4, -0.2) is 25.3 Å². The molecule has 0 amide bonds. The zero-order chi connectivity index (χ0) is 6.41. The summed E-state index contributed by atoms with van der Waals surface area (Å²) in [6.07, 6.45) is 3.19. The molecule has 0 aliphatic rings. The summed E-state index contributed by atoms with van der Waals surface area (Å²) in [5, 5.41) is 0. The summed E-state index contributed by atoms with van der Waals surface area (Å²) < 4.78 is 0. The molecular formula is C6H10N2. The minimum atomic E-state index is 1.51. The number of rotatable bonds is 2. The predicted molar refractivity (Wildman–Crippen MR) is 35.9 cm³/mol. The molecule has 0 aliphatic heterocycles. The first-order valence-electron chi connectivity index (χ1n) is 2.31. The van der Waals surface area contributed by atoms with Crippen LogP contribution in [0.1, 0.15) is 0 Å². The molecule has 0 fully saturated rings. The quantitative estimate of drug-likeness (QED) is 0.292. The zero-order valence-corrected chi connectivity index (χ0v) is 5.26. The average molecular weight is 110 g/mol. The molecule has 0 aromatic carbocycles. The van der Waals surface area contributed by atoms with Crippen molar-refractivity contribution < 1.29 is 0 Å². The maximum Gasteiger partial charge on any atom is 0.0907 e. The third-order valence-electron chi connectivity index (χ3n) is 0.463. The van der Waals surface area contributed by atoms with Crippen LogP contribution >= 0.6 is 0 Å². The van der Waals surface area contributed by atoms with Gasteiger partial charge >= 0.3 is 0 Å². The van der Waals surface area contributed by atoms with E-state index in [1.807, 2.05) is 19.0 Å². The molecule has 0 aromatic rings. The van der Waals surface area contributed by atoms with E-state index in [4.69, 9.17) is 0 Å². The van der Waals surface area contributed by atoms with Gasteiger partial charge in [-0.1, -0.05) is 6.58 Å². The lowest BCUT2D eigenvalue weighted by atomic mass is 10.8. The molecule has 0 radical (unpaired) electrons. The molecule has 0 rings (SSSR count). The highest BCUT2D eigenvalue weighted by Gasteiger charge is 1.69.